The van der Waals surface area contributed by atoms with E-state index in [9.17, 15) is 4.57 Å². The summed E-state index contributed by atoms with van der Waals surface area (Å²) in [6.45, 7) is 7.65. The quantitative estimate of drug-likeness (QED) is 0.561. The van der Waals surface area contributed by atoms with Crippen LogP contribution in [0.15, 0.2) is 0 Å². The van der Waals surface area contributed by atoms with E-state index >= 15 is 0 Å². The van der Waals surface area contributed by atoms with E-state index in [1.807, 2.05) is 26.6 Å². The SMILES string of the molecule is CCCOP(=O)(O)O[Si](C)(C)C. The van der Waals surface area contributed by atoms with Gasteiger partial charge in [-0.15, -0.1) is 0 Å². The number of hydrogen-bond acceptors (Lipinski definition) is 3. The Morgan fingerprint density at radius 3 is 2.25 bits per heavy atom. The summed E-state index contributed by atoms with van der Waals surface area (Å²) in [5.41, 5.74) is 0. The molecule has 0 saturated heterocycles. The minimum Gasteiger partial charge on any atom is -0.330 e. The van der Waals surface area contributed by atoms with Crippen LogP contribution in [-0.2, 0) is 13.3 Å². The van der Waals surface area contributed by atoms with E-state index in [1.165, 1.54) is 0 Å². The highest BCUT2D eigenvalue weighted by Gasteiger charge is 2.29. The van der Waals surface area contributed by atoms with Crippen LogP contribution in [0.3, 0.4) is 0 Å². The minimum atomic E-state index is -3.77. The van der Waals surface area contributed by atoms with Gasteiger partial charge in [0.15, 0.2) is 8.32 Å². The van der Waals surface area contributed by atoms with Crippen LogP contribution in [0.2, 0.25) is 19.6 Å². The van der Waals surface area contributed by atoms with E-state index < -0.39 is 16.1 Å². The lowest BCUT2D eigenvalue weighted by Crippen LogP contribution is -2.24. The third-order valence-corrected chi connectivity index (χ3v) is 4.47. The van der Waals surface area contributed by atoms with E-state index in [1.54, 1.807) is 0 Å². The third-order valence-electron chi connectivity index (χ3n) is 0.848. The van der Waals surface area contributed by atoms with Crippen LogP contribution >= 0.6 is 7.82 Å². The Bertz CT molecular complexity index is 177. The van der Waals surface area contributed by atoms with Crippen molar-refractivity contribution >= 4 is 16.1 Å². The van der Waals surface area contributed by atoms with Gasteiger partial charge < -0.3 is 9.11 Å². The van der Waals surface area contributed by atoms with Gasteiger partial charge in [-0.1, -0.05) is 6.92 Å². The molecular weight excluding hydrogens is 195 g/mol. The zero-order valence-electron chi connectivity index (χ0n) is 8.03. The van der Waals surface area contributed by atoms with Gasteiger partial charge in [-0.3, -0.25) is 4.52 Å². The third kappa shape index (κ3) is 7.00. The van der Waals surface area contributed by atoms with E-state index in [0.717, 1.165) is 0 Å². The fourth-order valence-electron chi connectivity index (χ4n) is 0.579. The van der Waals surface area contributed by atoms with Crippen molar-refractivity contribution in [2.45, 2.75) is 33.0 Å². The Hall–Kier alpha value is 0.327. The summed E-state index contributed by atoms with van der Waals surface area (Å²) in [4.78, 5) is 9.13. The molecule has 1 unspecified atom stereocenters. The molecule has 6 heteroatoms. The van der Waals surface area contributed by atoms with Crippen molar-refractivity contribution in [1.29, 1.82) is 0 Å². The maximum Gasteiger partial charge on any atom is 0.462 e. The van der Waals surface area contributed by atoms with E-state index in [0.29, 0.717) is 6.42 Å². The van der Waals surface area contributed by atoms with Gasteiger partial charge in [-0.05, 0) is 26.1 Å². The van der Waals surface area contributed by atoms with Crippen molar-refractivity contribution in [3.63, 3.8) is 0 Å². The first-order valence-corrected chi connectivity index (χ1v) is 8.85. The van der Waals surface area contributed by atoms with Crippen LogP contribution in [-0.4, -0.2) is 19.8 Å². The van der Waals surface area contributed by atoms with E-state index in [4.69, 9.17) is 9.11 Å². The molecule has 0 heterocycles. The highest BCUT2D eigenvalue weighted by atomic mass is 31.2. The lowest BCUT2D eigenvalue weighted by Gasteiger charge is -2.20. The molecule has 0 aliphatic heterocycles. The highest BCUT2D eigenvalue weighted by Crippen LogP contribution is 2.46. The fraction of sp³-hybridized carbons (Fsp3) is 1.00. The molecule has 74 valence electrons. The molecule has 0 rings (SSSR count). The lowest BCUT2D eigenvalue weighted by atomic mass is 10.5. The Kier molecular flexibility index (Phi) is 4.65. The molecule has 0 aromatic carbocycles. The Morgan fingerprint density at radius 2 is 1.92 bits per heavy atom. The van der Waals surface area contributed by atoms with Crippen molar-refractivity contribution in [2.24, 2.45) is 0 Å². The molecule has 0 aliphatic rings. The van der Waals surface area contributed by atoms with Gasteiger partial charge in [0.25, 0.3) is 0 Å². The van der Waals surface area contributed by atoms with Gasteiger partial charge in [-0.25, -0.2) is 4.57 Å². The van der Waals surface area contributed by atoms with Crippen molar-refractivity contribution in [3.05, 3.63) is 0 Å². The molecule has 1 N–H and O–H groups in total. The summed E-state index contributed by atoms with van der Waals surface area (Å²) < 4.78 is 20.8. The average Bonchev–Trinajstić information content (AvgIpc) is 1.78. The zero-order chi connectivity index (χ0) is 9.83. The second-order valence-electron chi connectivity index (χ2n) is 3.51. The normalized spacial score (nSPS) is 17.4. The van der Waals surface area contributed by atoms with Crippen LogP contribution in [0.25, 0.3) is 0 Å². The molecule has 0 amide bonds. The first-order chi connectivity index (χ1) is 5.27. The van der Waals surface area contributed by atoms with Gasteiger partial charge in [0, 0.05) is 0 Å². The van der Waals surface area contributed by atoms with Crippen molar-refractivity contribution in [1.82, 2.24) is 0 Å². The molecule has 0 aromatic heterocycles. The molecule has 0 fully saturated rings. The van der Waals surface area contributed by atoms with E-state index in [2.05, 4.69) is 4.52 Å². The number of phosphoric acid groups is 1. The predicted molar refractivity (Wildman–Crippen MR) is 50.5 cm³/mol. The topological polar surface area (TPSA) is 55.8 Å². The predicted octanol–water partition coefficient (Wildman–Crippen LogP) is 2.36. The summed E-state index contributed by atoms with van der Waals surface area (Å²) in [6, 6.07) is 0. The molecule has 0 spiro atoms. The van der Waals surface area contributed by atoms with Crippen LogP contribution in [0.5, 0.6) is 0 Å². The standard InChI is InChI=1S/C6H17O4PSi/c1-5-6-9-11(7,8)10-12(2,3)4/h5-6H2,1-4H3,(H,7,8). The van der Waals surface area contributed by atoms with Crippen molar-refractivity contribution < 1.29 is 18.2 Å². The van der Waals surface area contributed by atoms with Crippen LogP contribution < -0.4 is 0 Å². The second-order valence-corrected chi connectivity index (χ2v) is 9.66. The first kappa shape index (κ1) is 12.3. The second kappa shape index (κ2) is 4.53. The Labute approximate surface area is 74.6 Å². The van der Waals surface area contributed by atoms with Crippen molar-refractivity contribution in [3.8, 4) is 0 Å². The van der Waals surface area contributed by atoms with Gasteiger partial charge in [0.05, 0.1) is 6.61 Å². The highest BCUT2D eigenvalue weighted by molar-refractivity contribution is 7.49. The average molecular weight is 212 g/mol. The summed E-state index contributed by atoms with van der Waals surface area (Å²) in [5, 5.41) is 0. The fourth-order valence-corrected chi connectivity index (χ4v) is 3.97. The number of hydrogen-bond donors (Lipinski definition) is 1. The van der Waals surface area contributed by atoms with Crippen LogP contribution in [0.4, 0.5) is 0 Å². The van der Waals surface area contributed by atoms with E-state index in [-0.39, 0.29) is 6.61 Å². The maximum absolute atomic E-state index is 11.1. The molecule has 0 bridgehead atoms. The smallest absolute Gasteiger partial charge is 0.330 e. The monoisotopic (exact) mass is 212 g/mol. The molecular formula is C6H17O4PSi. The summed E-state index contributed by atoms with van der Waals surface area (Å²) in [7, 11) is -5.75. The van der Waals surface area contributed by atoms with Gasteiger partial charge in [0.1, 0.15) is 0 Å². The van der Waals surface area contributed by atoms with Gasteiger partial charge in [0.2, 0.25) is 0 Å². The molecule has 12 heavy (non-hydrogen) atoms. The summed E-state index contributed by atoms with van der Waals surface area (Å²) in [5.74, 6) is 0. The Morgan fingerprint density at radius 1 is 1.42 bits per heavy atom. The summed E-state index contributed by atoms with van der Waals surface area (Å²) >= 11 is 0. The summed E-state index contributed by atoms with van der Waals surface area (Å²) in [6.07, 6.45) is 0.708. The molecule has 0 aliphatic carbocycles. The zero-order valence-corrected chi connectivity index (χ0v) is 9.93. The number of rotatable bonds is 5. The molecule has 1 atom stereocenters. The van der Waals surface area contributed by atoms with Crippen LogP contribution in [0.1, 0.15) is 13.3 Å². The first-order valence-electron chi connectivity index (χ1n) is 3.95. The maximum atomic E-state index is 11.1. The molecule has 0 radical (unpaired) electrons. The minimum absolute atomic E-state index is 0.262. The van der Waals surface area contributed by atoms with Crippen LogP contribution in [0, 0.1) is 0 Å². The molecule has 0 aromatic rings. The van der Waals surface area contributed by atoms with Gasteiger partial charge >= 0.3 is 7.82 Å². The van der Waals surface area contributed by atoms with Gasteiger partial charge in [-0.2, -0.15) is 0 Å². The molecule has 0 saturated carbocycles. The number of phosphoric ester groups is 1. The largest absolute Gasteiger partial charge is 0.462 e. The molecule has 4 nitrogen and oxygen atoms in total. The Balaban J connectivity index is 3.96. The van der Waals surface area contributed by atoms with Crippen molar-refractivity contribution in [2.75, 3.05) is 6.61 Å². The lowest BCUT2D eigenvalue weighted by molar-refractivity contribution is 0.202.